The highest BCUT2D eigenvalue weighted by molar-refractivity contribution is 5.79. The SMILES string of the molecule is CC(C)C1CCC2CC(=O)CCC2C1. The fraction of sp³-hybridized carbons (Fsp3) is 0.923. The smallest absolute Gasteiger partial charge is 0.133 e. The maximum Gasteiger partial charge on any atom is 0.133 e. The molecule has 2 fully saturated rings. The van der Waals surface area contributed by atoms with Crippen molar-refractivity contribution in [3.05, 3.63) is 0 Å². The van der Waals surface area contributed by atoms with Crippen LogP contribution in [0.5, 0.6) is 0 Å². The van der Waals surface area contributed by atoms with E-state index in [1.54, 1.807) is 0 Å². The molecule has 14 heavy (non-hydrogen) atoms. The molecule has 0 spiro atoms. The van der Waals surface area contributed by atoms with Crippen molar-refractivity contribution in [1.29, 1.82) is 0 Å². The van der Waals surface area contributed by atoms with Crippen LogP contribution in [0.2, 0.25) is 0 Å². The molecule has 0 radical (unpaired) electrons. The lowest BCUT2D eigenvalue weighted by atomic mass is 9.65. The molecule has 0 bridgehead atoms. The third kappa shape index (κ3) is 2.02. The highest BCUT2D eigenvalue weighted by Crippen LogP contribution is 2.43. The van der Waals surface area contributed by atoms with Crippen molar-refractivity contribution in [2.45, 2.75) is 52.4 Å². The summed E-state index contributed by atoms with van der Waals surface area (Å²) in [5.41, 5.74) is 0. The van der Waals surface area contributed by atoms with Gasteiger partial charge in [0.05, 0.1) is 0 Å². The van der Waals surface area contributed by atoms with Crippen molar-refractivity contribution in [1.82, 2.24) is 0 Å². The van der Waals surface area contributed by atoms with Gasteiger partial charge in [-0.2, -0.15) is 0 Å². The summed E-state index contributed by atoms with van der Waals surface area (Å²) in [4.78, 5) is 11.3. The summed E-state index contributed by atoms with van der Waals surface area (Å²) in [7, 11) is 0. The molecule has 2 aliphatic carbocycles. The zero-order chi connectivity index (χ0) is 10.1. The fourth-order valence-corrected chi connectivity index (χ4v) is 3.33. The summed E-state index contributed by atoms with van der Waals surface area (Å²) < 4.78 is 0. The third-order valence-corrected chi connectivity index (χ3v) is 4.41. The van der Waals surface area contributed by atoms with E-state index in [0.29, 0.717) is 5.78 Å². The molecular formula is C13H22O. The number of carbonyl (C=O) groups is 1. The van der Waals surface area contributed by atoms with E-state index in [0.717, 1.165) is 36.5 Å². The van der Waals surface area contributed by atoms with Gasteiger partial charge in [-0.15, -0.1) is 0 Å². The summed E-state index contributed by atoms with van der Waals surface area (Å²) in [6, 6.07) is 0. The van der Waals surface area contributed by atoms with E-state index < -0.39 is 0 Å². The fourth-order valence-electron chi connectivity index (χ4n) is 3.33. The largest absolute Gasteiger partial charge is 0.300 e. The van der Waals surface area contributed by atoms with Gasteiger partial charge in [-0.05, 0) is 49.4 Å². The summed E-state index contributed by atoms with van der Waals surface area (Å²) >= 11 is 0. The van der Waals surface area contributed by atoms with E-state index in [9.17, 15) is 4.79 Å². The molecule has 0 heterocycles. The molecule has 0 aromatic carbocycles. The van der Waals surface area contributed by atoms with Crippen molar-refractivity contribution in [2.75, 3.05) is 0 Å². The van der Waals surface area contributed by atoms with E-state index in [-0.39, 0.29) is 0 Å². The van der Waals surface area contributed by atoms with Gasteiger partial charge in [0.1, 0.15) is 5.78 Å². The highest BCUT2D eigenvalue weighted by Gasteiger charge is 2.35. The van der Waals surface area contributed by atoms with Crippen LogP contribution in [-0.2, 0) is 4.79 Å². The van der Waals surface area contributed by atoms with Crippen molar-refractivity contribution in [3.8, 4) is 0 Å². The average molecular weight is 194 g/mol. The molecule has 0 aromatic rings. The second kappa shape index (κ2) is 4.04. The Morgan fingerprint density at radius 1 is 1.14 bits per heavy atom. The molecule has 3 atom stereocenters. The molecule has 80 valence electrons. The Morgan fingerprint density at radius 3 is 2.64 bits per heavy atom. The number of carbonyl (C=O) groups excluding carboxylic acids is 1. The minimum atomic E-state index is 0.522. The molecule has 0 saturated heterocycles. The summed E-state index contributed by atoms with van der Waals surface area (Å²) in [5, 5.41) is 0. The molecule has 0 aliphatic heterocycles. The normalized spacial score (nSPS) is 38.5. The van der Waals surface area contributed by atoms with E-state index in [1.807, 2.05) is 0 Å². The molecule has 2 saturated carbocycles. The van der Waals surface area contributed by atoms with Crippen LogP contribution in [0.3, 0.4) is 0 Å². The molecule has 3 unspecified atom stereocenters. The molecule has 0 amide bonds. The van der Waals surface area contributed by atoms with Crippen molar-refractivity contribution in [2.24, 2.45) is 23.7 Å². The third-order valence-electron chi connectivity index (χ3n) is 4.41. The minimum Gasteiger partial charge on any atom is -0.300 e. The second-order valence-corrected chi connectivity index (χ2v) is 5.62. The first-order chi connectivity index (χ1) is 6.66. The Kier molecular flexibility index (Phi) is 2.94. The zero-order valence-electron chi connectivity index (χ0n) is 9.46. The van der Waals surface area contributed by atoms with Gasteiger partial charge < -0.3 is 0 Å². The first-order valence-corrected chi connectivity index (χ1v) is 6.18. The summed E-state index contributed by atoms with van der Waals surface area (Å²) in [6.07, 6.45) is 7.04. The van der Waals surface area contributed by atoms with Crippen LogP contribution < -0.4 is 0 Å². The Bertz CT molecular complexity index is 219. The highest BCUT2D eigenvalue weighted by atomic mass is 16.1. The maximum atomic E-state index is 11.3. The maximum absolute atomic E-state index is 11.3. The van der Waals surface area contributed by atoms with Crippen molar-refractivity contribution >= 4 is 5.78 Å². The van der Waals surface area contributed by atoms with Gasteiger partial charge in [0.15, 0.2) is 0 Å². The van der Waals surface area contributed by atoms with Crippen LogP contribution in [0, 0.1) is 23.7 Å². The number of Topliss-reactive ketones (excluding diaryl/α,β-unsaturated/α-hetero) is 1. The Morgan fingerprint density at radius 2 is 1.93 bits per heavy atom. The molecular weight excluding hydrogens is 172 g/mol. The van der Waals surface area contributed by atoms with Gasteiger partial charge in [-0.25, -0.2) is 0 Å². The van der Waals surface area contributed by atoms with Crippen LogP contribution in [0.25, 0.3) is 0 Å². The molecule has 1 nitrogen and oxygen atoms in total. The molecule has 1 heteroatoms. The second-order valence-electron chi connectivity index (χ2n) is 5.62. The van der Waals surface area contributed by atoms with Gasteiger partial charge >= 0.3 is 0 Å². The summed E-state index contributed by atoms with van der Waals surface area (Å²) in [6.45, 7) is 4.69. The van der Waals surface area contributed by atoms with Crippen LogP contribution in [0.4, 0.5) is 0 Å². The predicted octanol–water partition coefficient (Wildman–Crippen LogP) is 3.43. The minimum absolute atomic E-state index is 0.522. The quantitative estimate of drug-likeness (QED) is 0.625. The molecule has 2 aliphatic rings. The van der Waals surface area contributed by atoms with Gasteiger partial charge in [0.25, 0.3) is 0 Å². The molecule has 0 N–H and O–H groups in total. The predicted molar refractivity (Wildman–Crippen MR) is 58.0 cm³/mol. The number of hydrogen-bond donors (Lipinski definition) is 0. The van der Waals surface area contributed by atoms with E-state index in [1.165, 1.54) is 25.7 Å². The van der Waals surface area contributed by atoms with Gasteiger partial charge in [0, 0.05) is 12.8 Å². The Balaban J connectivity index is 1.94. The topological polar surface area (TPSA) is 17.1 Å². The zero-order valence-corrected chi connectivity index (χ0v) is 9.46. The lowest BCUT2D eigenvalue weighted by molar-refractivity contribution is -0.123. The van der Waals surface area contributed by atoms with Crippen molar-refractivity contribution in [3.63, 3.8) is 0 Å². The standard InChI is InChI=1S/C13H22O/c1-9(2)10-3-4-12-8-13(14)6-5-11(12)7-10/h9-12H,3-8H2,1-2H3. The molecule has 0 aromatic heterocycles. The Labute approximate surface area is 87.3 Å². The van der Waals surface area contributed by atoms with Crippen molar-refractivity contribution < 1.29 is 4.79 Å². The number of hydrogen-bond acceptors (Lipinski definition) is 1. The number of ketones is 1. The van der Waals surface area contributed by atoms with Gasteiger partial charge in [0.2, 0.25) is 0 Å². The molecule has 2 rings (SSSR count). The lowest BCUT2D eigenvalue weighted by Gasteiger charge is -2.40. The number of rotatable bonds is 1. The average Bonchev–Trinajstić information content (AvgIpc) is 2.16. The van der Waals surface area contributed by atoms with E-state index in [4.69, 9.17) is 0 Å². The first-order valence-electron chi connectivity index (χ1n) is 6.18. The van der Waals surface area contributed by atoms with Gasteiger partial charge in [-0.3, -0.25) is 4.79 Å². The van der Waals surface area contributed by atoms with Crippen LogP contribution in [0.15, 0.2) is 0 Å². The van der Waals surface area contributed by atoms with E-state index >= 15 is 0 Å². The van der Waals surface area contributed by atoms with Crippen LogP contribution in [0.1, 0.15) is 52.4 Å². The van der Waals surface area contributed by atoms with Crippen LogP contribution >= 0.6 is 0 Å². The lowest BCUT2D eigenvalue weighted by Crippen LogP contribution is -2.32. The summed E-state index contributed by atoms with van der Waals surface area (Å²) in [5.74, 6) is 3.94. The Hall–Kier alpha value is -0.330. The van der Waals surface area contributed by atoms with Gasteiger partial charge in [-0.1, -0.05) is 13.8 Å². The first kappa shape index (κ1) is 10.2. The monoisotopic (exact) mass is 194 g/mol. The van der Waals surface area contributed by atoms with Crippen LogP contribution in [-0.4, -0.2) is 5.78 Å². The number of fused-ring (bicyclic) bond motifs is 1. The van der Waals surface area contributed by atoms with E-state index in [2.05, 4.69) is 13.8 Å².